The highest BCUT2D eigenvalue weighted by atomic mass is 16.6. The van der Waals surface area contributed by atoms with Crippen molar-refractivity contribution in [3.05, 3.63) is 23.8 Å². The van der Waals surface area contributed by atoms with Crippen LogP contribution < -0.4 is 0 Å². The zero-order chi connectivity index (χ0) is 14.1. The van der Waals surface area contributed by atoms with Crippen LogP contribution in [0.3, 0.4) is 0 Å². The smallest absolute Gasteiger partial charge is 0.253 e. The quantitative estimate of drug-likeness (QED) is 0.769. The van der Waals surface area contributed by atoms with Crippen LogP contribution in [0.5, 0.6) is 0 Å². The van der Waals surface area contributed by atoms with Gasteiger partial charge in [0, 0.05) is 18.7 Å². The van der Waals surface area contributed by atoms with Crippen molar-refractivity contribution in [3.63, 3.8) is 0 Å². The maximum absolute atomic E-state index is 12.5. The van der Waals surface area contributed by atoms with E-state index in [1.807, 2.05) is 7.05 Å². The van der Waals surface area contributed by atoms with Crippen molar-refractivity contribution in [2.75, 3.05) is 7.05 Å². The summed E-state index contributed by atoms with van der Waals surface area (Å²) < 4.78 is 12.4. The van der Waals surface area contributed by atoms with Gasteiger partial charge in [0.25, 0.3) is 5.91 Å². The van der Waals surface area contributed by atoms with Gasteiger partial charge in [-0.25, -0.2) is 4.63 Å². The fraction of sp³-hybridized carbons (Fsp3) is 0.462. The lowest BCUT2D eigenvalue weighted by atomic mass is 9.63. The summed E-state index contributed by atoms with van der Waals surface area (Å²) in [6.07, 6.45) is 3.55. The molecule has 1 aromatic carbocycles. The molecule has 0 aliphatic carbocycles. The zero-order valence-corrected chi connectivity index (χ0v) is 10.9. The van der Waals surface area contributed by atoms with E-state index in [0.717, 1.165) is 25.5 Å². The number of aromatic nitrogens is 2. The van der Waals surface area contributed by atoms with Crippen LogP contribution in [0.2, 0.25) is 12.6 Å². The molecule has 0 saturated carbocycles. The van der Waals surface area contributed by atoms with Crippen LogP contribution in [-0.2, 0) is 0 Å². The zero-order valence-electron chi connectivity index (χ0n) is 11.9. The maximum atomic E-state index is 12.5. The van der Waals surface area contributed by atoms with Crippen LogP contribution >= 0.6 is 0 Å². The highest BCUT2D eigenvalue weighted by Gasteiger charge is 2.23. The minimum atomic E-state index is -0.0108. The SMILES string of the molecule is [2H]B1CCC(N(C)C(=O)c2ccc3nonc3c2)CC1. The Bertz CT molecular complexity index is 625. The second-order valence-electron chi connectivity index (χ2n) is 4.98. The molecule has 0 atom stereocenters. The molecule has 19 heavy (non-hydrogen) atoms. The number of carbonyl (C=O) groups is 1. The molecule has 1 amide bonds. The van der Waals surface area contributed by atoms with Gasteiger partial charge in [0.1, 0.15) is 18.3 Å². The first-order valence-electron chi connectivity index (χ1n) is 7.14. The van der Waals surface area contributed by atoms with Crippen molar-refractivity contribution >= 4 is 24.2 Å². The average molecular weight is 258 g/mol. The molecule has 1 aromatic heterocycles. The first-order valence-corrected chi connectivity index (χ1v) is 6.57. The van der Waals surface area contributed by atoms with E-state index in [4.69, 9.17) is 1.34 Å². The Morgan fingerprint density at radius 3 is 2.95 bits per heavy atom. The predicted molar refractivity (Wildman–Crippen MR) is 73.7 cm³/mol. The molecule has 1 fully saturated rings. The Morgan fingerprint density at radius 2 is 2.16 bits per heavy atom. The highest BCUT2D eigenvalue weighted by molar-refractivity contribution is 6.35. The summed E-state index contributed by atoms with van der Waals surface area (Å²) in [6.45, 7) is 0. The van der Waals surface area contributed by atoms with Crippen molar-refractivity contribution < 1.29 is 9.42 Å². The molecule has 2 heterocycles. The number of fused-ring (bicyclic) bond motifs is 1. The molecule has 0 unspecified atom stereocenters. The van der Waals surface area contributed by atoms with Gasteiger partial charge in [-0.05, 0) is 42.7 Å². The lowest BCUT2D eigenvalue weighted by molar-refractivity contribution is 0.0721. The monoisotopic (exact) mass is 258 g/mol. The fourth-order valence-electron chi connectivity index (χ4n) is 2.58. The molecule has 1 aliphatic rings. The van der Waals surface area contributed by atoms with E-state index >= 15 is 0 Å². The van der Waals surface area contributed by atoms with Crippen molar-refractivity contribution in [1.82, 2.24) is 15.2 Å². The minimum absolute atomic E-state index is 0.0108. The fourth-order valence-corrected chi connectivity index (χ4v) is 2.58. The second kappa shape index (κ2) is 5.03. The number of rotatable bonds is 2. The Kier molecular flexibility index (Phi) is 2.92. The van der Waals surface area contributed by atoms with Crippen LogP contribution in [0.15, 0.2) is 22.8 Å². The molecule has 0 bridgehead atoms. The summed E-state index contributed by atoms with van der Waals surface area (Å²) in [5, 5.41) is 7.49. The standard InChI is InChI=1S/C13H16BN3O2/c1-17(10-4-6-14-7-5-10)13(18)9-2-3-11-12(8-9)16-19-15-11/h2-3,8,10,14H,4-7H2,1H3/i14D. The van der Waals surface area contributed by atoms with Crippen LogP contribution in [0.1, 0.15) is 23.2 Å². The summed E-state index contributed by atoms with van der Waals surface area (Å²) in [5.41, 5.74) is 1.85. The number of benzene rings is 1. The second-order valence-corrected chi connectivity index (χ2v) is 4.98. The normalized spacial score (nSPS) is 17.5. The van der Waals surface area contributed by atoms with Gasteiger partial charge in [0.05, 0.1) is 0 Å². The predicted octanol–water partition coefficient (Wildman–Crippen LogP) is 1.73. The largest absolute Gasteiger partial charge is 0.339 e. The van der Waals surface area contributed by atoms with Gasteiger partial charge >= 0.3 is 0 Å². The van der Waals surface area contributed by atoms with Gasteiger partial charge in [-0.3, -0.25) is 4.79 Å². The van der Waals surface area contributed by atoms with E-state index in [1.54, 1.807) is 23.1 Å². The summed E-state index contributed by atoms with van der Waals surface area (Å²) >= 11 is 0. The molecule has 6 heteroatoms. The van der Waals surface area contributed by atoms with Crippen molar-refractivity contribution in [1.29, 1.82) is 1.34 Å². The third-order valence-electron chi connectivity index (χ3n) is 3.78. The molecule has 0 radical (unpaired) electrons. The van der Waals surface area contributed by atoms with Gasteiger partial charge < -0.3 is 4.90 Å². The molecular weight excluding hydrogens is 241 g/mol. The number of hydrogen-bond donors (Lipinski definition) is 0. The van der Waals surface area contributed by atoms with E-state index in [-0.39, 0.29) is 19.2 Å². The third kappa shape index (κ3) is 2.34. The number of carbonyl (C=O) groups excluding carboxylic acids is 1. The van der Waals surface area contributed by atoms with E-state index in [1.165, 1.54) is 0 Å². The van der Waals surface area contributed by atoms with Gasteiger partial charge in [0.15, 0.2) is 0 Å². The topological polar surface area (TPSA) is 59.2 Å². The van der Waals surface area contributed by atoms with Crippen LogP contribution in [0.25, 0.3) is 11.0 Å². The number of amides is 1. The molecule has 1 saturated heterocycles. The summed E-state index contributed by atoms with van der Waals surface area (Å²) in [7, 11) is 1.87. The Hall–Kier alpha value is -1.85. The molecule has 98 valence electrons. The molecule has 5 nitrogen and oxygen atoms in total. The first kappa shape index (κ1) is 11.0. The van der Waals surface area contributed by atoms with E-state index in [2.05, 4.69) is 14.9 Å². The Labute approximate surface area is 113 Å². The summed E-state index contributed by atoms with van der Waals surface area (Å²) in [6, 6.07) is 5.44. The van der Waals surface area contributed by atoms with Crippen LogP contribution in [0, 0.1) is 0 Å². The molecule has 1 aliphatic heterocycles. The maximum Gasteiger partial charge on any atom is 0.253 e. The summed E-state index contributed by atoms with van der Waals surface area (Å²) in [5.74, 6) is -0.0108. The van der Waals surface area contributed by atoms with E-state index in [9.17, 15) is 4.79 Å². The van der Waals surface area contributed by atoms with E-state index in [0.29, 0.717) is 16.6 Å². The molecule has 0 spiro atoms. The summed E-state index contributed by atoms with van der Waals surface area (Å²) in [4.78, 5) is 14.3. The van der Waals surface area contributed by atoms with E-state index < -0.39 is 0 Å². The number of nitrogens with zero attached hydrogens (tertiary/aromatic N) is 3. The molecular formula is C13H16BN3O2. The Morgan fingerprint density at radius 1 is 1.42 bits per heavy atom. The van der Waals surface area contributed by atoms with Gasteiger partial charge in [-0.15, -0.1) is 0 Å². The molecule has 2 aromatic rings. The lowest BCUT2D eigenvalue weighted by Gasteiger charge is -2.31. The molecule has 3 rings (SSSR count). The first-order chi connectivity index (χ1) is 9.65. The van der Waals surface area contributed by atoms with Gasteiger partial charge in [0.2, 0.25) is 0 Å². The minimum Gasteiger partial charge on any atom is -0.339 e. The van der Waals surface area contributed by atoms with Crippen LogP contribution in [0.4, 0.5) is 0 Å². The Balaban J connectivity index is 1.77. The van der Waals surface area contributed by atoms with Crippen molar-refractivity contribution in [3.8, 4) is 0 Å². The molecule has 0 N–H and O–H groups in total. The highest BCUT2D eigenvalue weighted by Crippen LogP contribution is 2.21. The van der Waals surface area contributed by atoms with Crippen molar-refractivity contribution in [2.24, 2.45) is 0 Å². The van der Waals surface area contributed by atoms with Crippen LogP contribution in [-0.4, -0.2) is 42.8 Å². The average Bonchev–Trinajstić information content (AvgIpc) is 2.94. The van der Waals surface area contributed by atoms with Crippen molar-refractivity contribution in [2.45, 2.75) is 31.5 Å². The third-order valence-corrected chi connectivity index (χ3v) is 3.78. The number of hydrogen-bond acceptors (Lipinski definition) is 4. The lowest BCUT2D eigenvalue weighted by Crippen LogP contribution is -2.38. The van der Waals surface area contributed by atoms with Gasteiger partial charge in [-0.1, -0.05) is 12.6 Å². The van der Waals surface area contributed by atoms with Gasteiger partial charge in [-0.2, -0.15) is 0 Å².